The van der Waals surface area contributed by atoms with Crippen LogP contribution in [0, 0.1) is 5.82 Å². The Morgan fingerprint density at radius 2 is 1.54 bits per heavy atom. The van der Waals surface area contributed by atoms with Gasteiger partial charge in [0.25, 0.3) is 0 Å². The van der Waals surface area contributed by atoms with E-state index in [0.717, 1.165) is 36.7 Å². The van der Waals surface area contributed by atoms with Gasteiger partial charge in [0, 0.05) is 24.5 Å². The number of halogens is 2. The molecular formula is C21H28ClFN2O. The fourth-order valence-corrected chi connectivity index (χ4v) is 2.76. The van der Waals surface area contributed by atoms with E-state index in [1.807, 2.05) is 24.3 Å². The van der Waals surface area contributed by atoms with Crippen molar-refractivity contribution in [3.05, 3.63) is 53.3 Å². The second-order valence-corrected chi connectivity index (χ2v) is 6.68. The SMILES string of the molecule is CCCCCCCOc1ccc(NCCNc2ccc(F)c(Cl)c2)cc1. The molecule has 0 aliphatic rings. The molecule has 3 nitrogen and oxygen atoms in total. The number of ether oxygens (including phenoxy) is 1. The highest BCUT2D eigenvalue weighted by atomic mass is 35.5. The fourth-order valence-electron chi connectivity index (χ4n) is 2.58. The van der Waals surface area contributed by atoms with Crippen LogP contribution in [0.15, 0.2) is 42.5 Å². The van der Waals surface area contributed by atoms with Crippen LogP contribution >= 0.6 is 11.6 Å². The Kier molecular flexibility index (Phi) is 9.11. The summed E-state index contributed by atoms with van der Waals surface area (Å²) in [5, 5.41) is 6.67. The van der Waals surface area contributed by atoms with Gasteiger partial charge in [-0.25, -0.2) is 4.39 Å². The van der Waals surface area contributed by atoms with Crippen LogP contribution in [-0.4, -0.2) is 19.7 Å². The van der Waals surface area contributed by atoms with Crippen molar-refractivity contribution in [1.29, 1.82) is 0 Å². The zero-order chi connectivity index (χ0) is 18.6. The average molecular weight is 379 g/mol. The van der Waals surface area contributed by atoms with E-state index in [-0.39, 0.29) is 5.02 Å². The van der Waals surface area contributed by atoms with Gasteiger partial charge in [0.2, 0.25) is 0 Å². The lowest BCUT2D eigenvalue weighted by Gasteiger charge is -2.10. The Balaban J connectivity index is 1.61. The zero-order valence-electron chi connectivity index (χ0n) is 15.4. The van der Waals surface area contributed by atoms with Crippen molar-refractivity contribution in [1.82, 2.24) is 0 Å². The van der Waals surface area contributed by atoms with Crippen molar-refractivity contribution in [2.75, 3.05) is 30.3 Å². The fraction of sp³-hybridized carbons (Fsp3) is 0.429. The van der Waals surface area contributed by atoms with E-state index in [9.17, 15) is 4.39 Å². The summed E-state index contributed by atoms with van der Waals surface area (Å²) < 4.78 is 18.9. The summed E-state index contributed by atoms with van der Waals surface area (Å²) >= 11 is 5.76. The van der Waals surface area contributed by atoms with Crippen LogP contribution in [0.1, 0.15) is 39.0 Å². The summed E-state index contributed by atoms with van der Waals surface area (Å²) in [6, 6.07) is 12.6. The number of hydrogen-bond acceptors (Lipinski definition) is 3. The molecule has 0 atom stereocenters. The van der Waals surface area contributed by atoms with Crippen LogP contribution in [0.5, 0.6) is 5.75 Å². The first kappa shape index (κ1) is 20.4. The molecule has 0 bridgehead atoms. The minimum Gasteiger partial charge on any atom is -0.494 e. The first-order valence-corrected chi connectivity index (χ1v) is 9.72. The molecule has 0 aliphatic heterocycles. The van der Waals surface area contributed by atoms with Gasteiger partial charge in [-0.05, 0) is 48.9 Å². The first-order chi connectivity index (χ1) is 12.7. The van der Waals surface area contributed by atoms with Gasteiger partial charge in [0.05, 0.1) is 11.6 Å². The van der Waals surface area contributed by atoms with E-state index in [2.05, 4.69) is 17.6 Å². The van der Waals surface area contributed by atoms with Crippen molar-refractivity contribution in [2.24, 2.45) is 0 Å². The van der Waals surface area contributed by atoms with Gasteiger partial charge in [-0.1, -0.05) is 44.2 Å². The molecule has 5 heteroatoms. The van der Waals surface area contributed by atoms with E-state index in [0.29, 0.717) is 6.54 Å². The average Bonchev–Trinajstić information content (AvgIpc) is 2.65. The first-order valence-electron chi connectivity index (χ1n) is 9.34. The topological polar surface area (TPSA) is 33.3 Å². The Labute approximate surface area is 160 Å². The lowest BCUT2D eigenvalue weighted by Crippen LogP contribution is -2.13. The highest BCUT2D eigenvalue weighted by Crippen LogP contribution is 2.19. The summed E-state index contributed by atoms with van der Waals surface area (Å²) in [5.41, 5.74) is 1.85. The molecule has 26 heavy (non-hydrogen) atoms. The molecule has 0 saturated carbocycles. The van der Waals surface area contributed by atoms with Crippen LogP contribution in [0.3, 0.4) is 0 Å². The van der Waals surface area contributed by atoms with E-state index >= 15 is 0 Å². The van der Waals surface area contributed by atoms with Crippen LogP contribution in [0.25, 0.3) is 0 Å². The summed E-state index contributed by atoms with van der Waals surface area (Å²) in [7, 11) is 0. The molecule has 0 heterocycles. The molecule has 0 aliphatic carbocycles. The third-order valence-corrected chi connectivity index (χ3v) is 4.36. The highest BCUT2D eigenvalue weighted by Gasteiger charge is 2.00. The predicted molar refractivity (Wildman–Crippen MR) is 109 cm³/mol. The summed E-state index contributed by atoms with van der Waals surface area (Å²) in [6.07, 6.45) is 6.21. The monoisotopic (exact) mass is 378 g/mol. The summed E-state index contributed by atoms with van der Waals surface area (Å²) in [4.78, 5) is 0. The predicted octanol–water partition coefficient (Wildman–Crippen LogP) is 6.35. The van der Waals surface area contributed by atoms with Crippen molar-refractivity contribution in [3.8, 4) is 5.75 Å². The van der Waals surface area contributed by atoms with E-state index < -0.39 is 5.82 Å². The largest absolute Gasteiger partial charge is 0.494 e. The minimum absolute atomic E-state index is 0.129. The number of hydrogen-bond donors (Lipinski definition) is 2. The molecule has 0 amide bonds. The number of benzene rings is 2. The van der Waals surface area contributed by atoms with Gasteiger partial charge in [0.15, 0.2) is 0 Å². The van der Waals surface area contributed by atoms with Crippen molar-refractivity contribution < 1.29 is 9.13 Å². The van der Waals surface area contributed by atoms with Gasteiger partial charge in [-0.15, -0.1) is 0 Å². The molecule has 0 saturated heterocycles. The maximum Gasteiger partial charge on any atom is 0.141 e. The maximum atomic E-state index is 13.1. The lowest BCUT2D eigenvalue weighted by molar-refractivity contribution is 0.304. The van der Waals surface area contributed by atoms with Crippen LogP contribution in [0.4, 0.5) is 15.8 Å². The Morgan fingerprint density at radius 3 is 2.23 bits per heavy atom. The maximum absolute atomic E-state index is 13.1. The zero-order valence-corrected chi connectivity index (χ0v) is 16.1. The minimum atomic E-state index is -0.404. The third kappa shape index (κ3) is 7.52. The van der Waals surface area contributed by atoms with Gasteiger partial charge >= 0.3 is 0 Å². The molecule has 0 unspecified atom stereocenters. The molecule has 0 fully saturated rings. The van der Waals surface area contributed by atoms with E-state index in [1.54, 1.807) is 12.1 Å². The summed E-state index contributed by atoms with van der Waals surface area (Å²) in [6.45, 7) is 4.45. The number of anilines is 2. The summed E-state index contributed by atoms with van der Waals surface area (Å²) in [5.74, 6) is 0.503. The van der Waals surface area contributed by atoms with Gasteiger partial charge in [-0.3, -0.25) is 0 Å². The van der Waals surface area contributed by atoms with Crippen molar-refractivity contribution in [2.45, 2.75) is 39.0 Å². The molecule has 0 radical (unpaired) electrons. The second-order valence-electron chi connectivity index (χ2n) is 6.27. The van der Waals surface area contributed by atoms with Gasteiger partial charge < -0.3 is 15.4 Å². The molecule has 2 N–H and O–H groups in total. The molecule has 2 aromatic carbocycles. The van der Waals surface area contributed by atoms with Crippen LogP contribution < -0.4 is 15.4 Å². The quantitative estimate of drug-likeness (QED) is 0.422. The van der Waals surface area contributed by atoms with Crippen LogP contribution in [0.2, 0.25) is 5.02 Å². The Bertz CT molecular complexity index is 649. The van der Waals surface area contributed by atoms with Crippen molar-refractivity contribution >= 4 is 23.0 Å². The lowest BCUT2D eigenvalue weighted by atomic mass is 10.2. The van der Waals surface area contributed by atoms with Crippen molar-refractivity contribution in [3.63, 3.8) is 0 Å². The molecule has 0 spiro atoms. The van der Waals surface area contributed by atoms with Gasteiger partial charge in [-0.2, -0.15) is 0 Å². The van der Waals surface area contributed by atoms with Crippen LogP contribution in [-0.2, 0) is 0 Å². The Morgan fingerprint density at radius 1 is 0.885 bits per heavy atom. The molecule has 2 aromatic rings. The third-order valence-electron chi connectivity index (χ3n) is 4.07. The molecule has 0 aromatic heterocycles. The Hall–Kier alpha value is -1.94. The normalized spacial score (nSPS) is 10.6. The smallest absolute Gasteiger partial charge is 0.141 e. The molecule has 2 rings (SSSR count). The van der Waals surface area contributed by atoms with E-state index in [1.165, 1.54) is 31.7 Å². The highest BCUT2D eigenvalue weighted by molar-refractivity contribution is 6.31. The number of nitrogens with one attached hydrogen (secondary N) is 2. The molecule has 142 valence electrons. The number of unbranched alkanes of at least 4 members (excludes halogenated alkanes) is 4. The standard InChI is InChI=1S/C21H28ClFN2O/c1-2-3-4-5-6-15-26-19-10-7-17(8-11-19)24-13-14-25-18-9-12-21(23)20(22)16-18/h7-12,16,24-25H,2-6,13-15H2,1H3. The van der Waals surface area contributed by atoms with E-state index in [4.69, 9.17) is 16.3 Å². The molecular weight excluding hydrogens is 351 g/mol. The number of rotatable bonds is 12. The van der Waals surface area contributed by atoms with Gasteiger partial charge in [0.1, 0.15) is 11.6 Å². The second kappa shape index (κ2) is 11.6.